The summed E-state index contributed by atoms with van der Waals surface area (Å²) in [5.74, 6) is 0.274. The first-order valence-electron chi connectivity index (χ1n) is 4.62. The summed E-state index contributed by atoms with van der Waals surface area (Å²) in [7, 11) is 0. The summed E-state index contributed by atoms with van der Waals surface area (Å²) >= 11 is 0. The van der Waals surface area contributed by atoms with Crippen LogP contribution in [-0.4, -0.2) is 4.98 Å². The molecular weight excluding hydrogens is 174 g/mol. The van der Waals surface area contributed by atoms with Crippen LogP contribution in [0.15, 0.2) is 24.0 Å². The Morgan fingerprint density at radius 1 is 1.36 bits per heavy atom. The molecule has 0 amide bonds. The van der Waals surface area contributed by atoms with Gasteiger partial charge in [-0.2, -0.15) is 0 Å². The Bertz CT molecular complexity index is 413. The van der Waals surface area contributed by atoms with E-state index in [0.717, 1.165) is 16.8 Å². The van der Waals surface area contributed by atoms with E-state index >= 15 is 0 Å². The van der Waals surface area contributed by atoms with Crippen molar-refractivity contribution < 1.29 is 0 Å². The molecule has 1 heterocycles. The molecule has 1 rings (SSSR count). The Hall–Kier alpha value is -1.57. The molecule has 14 heavy (non-hydrogen) atoms. The highest BCUT2D eigenvalue weighted by Crippen LogP contribution is 2.20. The van der Waals surface area contributed by atoms with E-state index in [1.54, 1.807) is 12.2 Å². The maximum Gasteiger partial charge on any atom is 0.248 e. The summed E-state index contributed by atoms with van der Waals surface area (Å²) in [6, 6.07) is 1.54. The van der Waals surface area contributed by atoms with Crippen LogP contribution in [0.2, 0.25) is 0 Å². The van der Waals surface area contributed by atoms with E-state index in [-0.39, 0.29) is 11.5 Å². The largest absolute Gasteiger partial charge is 0.325 e. The minimum atomic E-state index is -0.0887. The van der Waals surface area contributed by atoms with Gasteiger partial charge in [0.2, 0.25) is 5.56 Å². The van der Waals surface area contributed by atoms with Crippen LogP contribution < -0.4 is 5.56 Å². The van der Waals surface area contributed by atoms with Gasteiger partial charge in [-0.05, 0) is 11.5 Å². The third-order valence-electron chi connectivity index (χ3n) is 2.15. The van der Waals surface area contributed by atoms with Crippen molar-refractivity contribution in [2.75, 3.05) is 0 Å². The van der Waals surface area contributed by atoms with Crippen molar-refractivity contribution in [1.82, 2.24) is 4.98 Å². The highest BCUT2D eigenvalue weighted by atomic mass is 16.1. The first-order valence-corrected chi connectivity index (χ1v) is 4.62. The molecule has 0 aliphatic rings. The van der Waals surface area contributed by atoms with Crippen LogP contribution in [0.25, 0.3) is 12.2 Å². The average molecular weight is 189 g/mol. The second kappa shape index (κ2) is 4.09. The second-order valence-corrected chi connectivity index (χ2v) is 3.48. The number of rotatable bonds is 3. The zero-order valence-electron chi connectivity index (χ0n) is 8.63. The lowest BCUT2D eigenvalue weighted by molar-refractivity contribution is 0.812. The SMILES string of the molecule is C=Cc1cc(=O)[nH]c(C(C)C)c1C=C. The first-order chi connectivity index (χ1) is 6.60. The summed E-state index contributed by atoms with van der Waals surface area (Å²) in [6.45, 7) is 11.5. The molecule has 0 bridgehead atoms. The Balaban J connectivity index is 3.55. The van der Waals surface area contributed by atoms with Crippen molar-refractivity contribution in [3.63, 3.8) is 0 Å². The van der Waals surface area contributed by atoms with Gasteiger partial charge in [-0.1, -0.05) is 39.2 Å². The lowest BCUT2D eigenvalue weighted by atomic mass is 9.99. The van der Waals surface area contributed by atoms with E-state index in [2.05, 4.69) is 18.1 Å². The fourth-order valence-corrected chi connectivity index (χ4v) is 1.46. The molecule has 0 radical (unpaired) electrons. The Labute approximate surface area is 84.0 Å². The normalized spacial score (nSPS) is 10.2. The summed E-state index contributed by atoms with van der Waals surface area (Å²) in [6.07, 6.45) is 3.43. The summed E-state index contributed by atoms with van der Waals surface area (Å²) in [4.78, 5) is 14.1. The van der Waals surface area contributed by atoms with E-state index in [0.29, 0.717) is 0 Å². The van der Waals surface area contributed by atoms with E-state index in [1.807, 2.05) is 13.8 Å². The number of hydrogen-bond acceptors (Lipinski definition) is 1. The van der Waals surface area contributed by atoms with E-state index in [4.69, 9.17) is 0 Å². The standard InChI is InChI=1S/C12H15NO/c1-5-9-7-11(14)13-12(8(3)4)10(9)6-2/h5-8H,1-2H2,3-4H3,(H,13,14). The Kier molecular flexibility index (Phi) is 3.07. The maximum atomic E-state index is 11.3. The number of pyridine rings is 1. The molecule has 0 spiro atoms. The van der Waals surface area contributed by atoms with Crippen molar-refractivity contribution in [3.8, 4) is 0 Å². The molecule has 2 heteroatoms. The van der Waals surface area contributed by atoms with Crippen LogP contribution in [0.3, 0.4) is 0 Å². The number of nitrogens with one attached hydrogen (secondary N) is 1. The fourth-order valence-electron chi connectivity index (χ4n) is 1.46. The quantitative estimate of drug-likeness (QED) is 0.779. The zero-order valence-corrected chi connectivity index (χ0v) is 8.63. The molecule has 74 valence electrons. The highest BCUT2D eigenvalue weighted by Gasteiger charge is 2.08. The number of aromatic nitrogens is 1. The van der Waals surface area contributed by atoms with Gasteiger partial charge < -0.3 is 4.98 Å². The molecule has 0 aliphatic carbocycles. The van der Waals surface area contributed by atoms with Crippen LogP contribution in [0.1, 0.15) is 36.6 Å². The van der Waals surface area contributed by atoms with E-state index in [1.165, 1.54) is 6.07 Å². The van der Waals surface area contributed by atoms with E-state index < -0.39 is 0 Å². The molecule has 0 unspecified atom stereocenters. The monoisotopic (exact) mass is 189 g/mol. The van der Waals surface area contributed by atoms with Gasteiger partial charge in [-0.15, -0.1) is 0 Å². The van der Waals surface area contributed by atoms with Crippen molar-refractivity contribution >= 4 is 12.2 Å². The Morgan fingerprint density at radius 3 is 2.43 bits per heavy atom. The van der Waals surface area contributed by atoms with Gasteiger partial charge in [0, 0.05) is 17.3 Å². The van der Waals surface area contributed by atoms with Crippen LogP contribution in [-0.2, 0) is 0 Å². The fraction of sp³-hybridized carbons (Fsp3) is 0.250. The van der Waals surface area contributed by atoms with Gasteiger partial charge in [0.1, 0.15) is 0 Å². The van der Waals surface area contributed by atoms with Crippen LogP contribution in [0.5, 0.6) is 0 Å². The molecular formula is C12H15NO. The van der Waals surface area contributed by atoms with Crippen molar-refractivity contribution in [1.29, 1.82) is 0 Å². The zero-order chi connectivity index (χ0) is 10.7. The number of aromatic amines is 1. The second-order valence-electron chi connectivity index (χ2n) is 3.48. The van der Waals surface area contributed by atoms with Crippen LogP contribution in [0.4, 0.5) is 0 Å². The van der Waals surface area contributed by atoms with E-state index in [9.17, 15) is 4.79 Å². The smallest absolute Gasteiger partial charge is 0.248 e. The molecule has 1 aromatic rings. The minimum absolute atomic E-state index is 0.0887. The van der Waals surface area contributed by atoms with Gasteiger partial charge in [-0.3, -0.25) is 4.79 Å². The average Bonchev–Trinajstić information content (AvgIpc) is 2.16. The van der Waals surface area contributed by atoms with Crippen molar-refractivity contribution in [2.24, 2.45) is 0 Å². The van der Waals surface area contributed by atoms with Crippen LogP contribution in [0, 0.1) is 0 Å². The lowest BCUT2D eigenvalue weighted by Crippen LogP contribution is -2.12. The minimum Gasteiger partial charge on any atom is -0.325 e. The summed E-state index contributed by atoms with van der Waals surface area (Å²) in [5, 5.41) is 0. The number of hydrogen-bond donors (Lipinski definition) is 1. The molecule has 0 saturated carbocycles. The number of H-pyrrole nitrogens is 1. The molecule has 0 saturated heterocycles. The molecule has 1 N–H and O–H groups in total. The van der Waals surface area contributed by atoms with Gasteiger partial charge in [0.25, 0.3) is 0 Å². The maximum absolute atomic E-state index is 11.3. The topological polar surface area (TPSA) is 32.9 Å². The van der Waals surface area contributed by atoms with Gasteiger partial charge >= 0.3 is 0 Å². The molecule has 1 aromatic heterocycles. The molecule has 0 aromatic carbocycles. The lowest BCUT2D eigenvalue weighted by Gasteiger charge is -2.11. The Morgan fingerprint density at radius 2 is 2.00 bits per heavy atom. The molecule has 0 fully saturated rings. The predicted octanol–water partition coefficient (Wildman–Crippen LogP) is 2.78. The van der Waals surface area contributed by atoms with Crippen molar-refractivity contribution in [3.05, 3.63) is 46.4 Å². The van der Waals surface area contributed by atoms with Gasteiger partial charge in [0.05, 0.1) is 0 Å². The van der Waals surface area contributed by atoms with Gasteiger partial charge in [0.15, 0.2) is 0 Å². The van der Waals surface area contributed by atoms with Gasteiger partial charge in [-0.25, -0.2) is 0 Å². The van der Waals surface area contributed by atoms with Crippen molar-refractivity contribution in [2.45, 2.75) is 19.8 Å². The first kappa shape index (κ1) is 10.5. The third-order valence-corrected chi connectivity index (χ3v) is 2.15. The summed E-state index contributed by atoms with van der Waals surface area (Å²) < 4.78 is 0. The summed E-state index contributed by atoms with van der Waals surface area (Å²) in [5.41, 5.74) is 2.64. The molecule has 0 aliphatic heterocycles. The third kappa shape index (κ3) is 1.84. The highest BCUT2D eigenvalue weighted by molar-refractivity contribution is 5.65. The predicted molar refractivity (Wildman–Crippen MR) is 61.3 cm³/mol. The molecule has 0 atom stereocenters. The van der Waals surface area contributed by atoms with Crippen LogP contribution >= 0.6 is 0 Å². The molecule has 2 nitrogen and oxygen atoms in total.